The van der Waals surface area contributed by atoms with Crippen molar-refractivity contribution in [3.05, 3.63) is 36.5 Å². The molecule has 0 bridgehead atoms. The number of carbonyl (C=O) groups is 1. The maximum atomic E-state index is 11.5. The lowest BCUT2D eigenvalue weighted by Crippen LogP contribution is -2.44. The van der Waals surface area contributed by atoms with Crippen molar-refractivity contribution in [2.24, 2.45) is 11.3 Å². The van der Waals surface area contributed by atoms with E-state index in [4.69, 9.17) is 10.6 Å². The summed E-state index contributed by atoms with van der Waals surface area (Å²) in [6.45, 7) is 3.79. The molecule has 0 saturated heterocycles. The van der Waals surface area contributed by atoms with Crippen molar-refractivity contribution in [3.63, 3.8) is 0 Å². The molecule has 5 heteroatoms. The van der Waals surface area contributed by atoms with Crippen LogP contribution >= 0.6 is 0 Å². The minimum Gasteiger partial charge on any atom is -0.492 e. The number of carbonyl (C=O) groups excluding carboxylic acids is 1. The lowest BCUT2D eigenvalue weighted by molar-refractivity contribution is -0.130. The van der Waals surface area contributed by atoms with Crippen LogP contribution in [0.3, 0.4) is 0 Å². The van der Waals surface area contributed by atoms with Crippen LogP contribution in [0.25, 0.3) is 10.9 Å². The molecule has 2 aromatic rings. The second kappa shape index (κ2) is 5.24. The van der Waals surface area contributed by atoms with E-state index in [9.17, 15) is 4.79 Å². The van der Waals surface area contributed by atoms with Gasteiger partial charge in [0.15, 0.2) is 0 Å². The zero-order valence-corrected chi connectivity index (χ0v) is 11.0. The maximum Gasteiger partial charge on any atom is 0.242 e. The van der Waals surface area contributed by atoms with E-state index in [1.165, 1.54) is 0 Å². The molecule has 1 amide bonds. The van der Waals surface area contributed by atoms with Gasteiger partial charge in [0.2, 0.25) is 5.91 Å². The van der Waals surface area contributed by atoms with Crippen molar-refractivity contribution in [3.8, 4) is 5.75 Å². The Kier molecular flexibility index (Phi) is 3.66. The van der Waals surface area contributed by atoms with Gasteiger partial charge in [-0.15, -0.1) is 0 Å². The highest BCUT2D eigenvalue weighted by molar-refractivity contribution is 5.81. The number of nitrogens with zero attached hydrogens (tertiary/aromatic N) is 1. The van der Waals surface area contributed by atoms with E-state index in [1.54, 1.807) is 20.0 Å². The van der Waals surface area contributed by atoms with Crippen LogP contribution in [-0.2, 0) is 4.79 Å². The van der Waals surface area contributed by atoms with Gasteiger partial charge in [0, 0.05) is 17.6 Å². The SMILES string of the molecule is CC(C)(COc1ccc2cccnc2c1)C(=O)NN. The van der Waals surface area contributed by atoms with Crippen LogP contribution in [0, 0.1) is 5.41 Å². The number of aromatic nitrogens is 1. The Morgan fingerprint density at radius 1 is 1.42 bits per heavy atom. The fourth-order valence-electron chi connectivity index (χ4n) is 1.66. The quantitative estimate of drug-likeness (QED) is 0.497. The largest absolute Gasteiger partial charge is 0.492 e. The van der Waals surface area contributed by atoms with Gasteiger partial charge >= 0.3 is 0 Å². The molecule has 1 aromatic heterocycles. The zero-order chi connectivity index (χ0) is 13.9. The number of fused-ring (bicyclic) bond motifs is 1. The Morgan fingerprint density at radius 3 is 2.95 bits per heavy atom. The van der Waals surface area contributed by atoms with Gasteiger partial charge in [0.25, 0.3) is 0 Å². The monoisotopic (exact) mass is 259 g/mol. The Labute approximate surface area is 111 Å². The molecule has 100 valence electrons. The summed E-state index contributed by atoms with van der Waals surface area (Å²) in [5, 5.41) is 1.05. The summed E-state index contributed by atoms with van der Waals surface area (Å²) in [5.41, 5.74) is 2.32. The van der Waals surface area contributed by atoms with Crippen molar-refractivity contribution in [1.82, 2.24) is 10.4 Å². The number of hydrogen-bond acceptors (Lipinski definition) is 4. The molecule has 0 aliphatic carbocycles. The highest BCUT2D eigenvalue weighted by atomic mass is 16.5. The van der Waals surface area contributed by atoms with Crippen molar-refractivity contribution in [2.45, 2.75) is 13.8 Å². The van der Waals surface area contributed by atoms with Crippen LogP contribution in [-0.4, -0.2) is 17.5 Å². The molecule has 0 unspecified atom stereocenters. The van der Waals surface area contributed by atoms with E-state index >= 15 is 0 Å². The predicted molar refractivity (Wildman–Crippen MR) is 73.3 cm³/mol. The van der Waals surface area contributed by atoms with E-state index in [0.717, 1.165) is 10.9 Å². The number of amides is 1. The van der Waals surface area contributed by atoms with E-state index in [1.807, 2.05) is 30.3 Å². The van der Waals surface area contributed by atoms with Crippen LogP contribution in [0.4, 0.5) is 0 Å². The fourth-order valence-corrected chi connectivity index (χ4v) is 1.66. The molecular weight excluding hydrogens is 242 g/mol. The lowest BCUT2D eigenvalue weighted by atomic mass is 9.94. The average Bonchev–Trinajstić information content (AvgIpc) is 2.44. The average molecular weight is 259 g/mol. The van der Waals surface area contributed by atoms with Gasteiger partial charge in [0.05, 0.1) is 10.9 Å². The van der Waals surface area contributed by atoms with Crippen molar-refractivity contribution < 1.29 is 9.53 Å². The second-order valence-corrected chi connectivity index (χ2v) is 5.00. The number of benzene rings is 1. The summed E-state index contributed by atoms with van der Waals surface area (Å²) in [4.78, 5) is 15.8. The van der Waals surface area contributed by atoms with Gasteiger partial charge in [-0.25, -0.2) is 5.84 Å². The normalized spacial score (nSPS) is 11.3. The molecule has 0 radical (unpaired) electrons. The predicted octanol–water partition coefficient (Wildman–Crippen LogP) is 1.63. The molecule has 3 N–H and O–H groups in total. The Bertz CT molecular complexity index is 596. The van der Waals surface area contributed by atoms with Crippen LogP contribution in [0.15, 0.2) is 36.5 Å². The van der Waals surface area contributed by atoms with Crippen LogP contribution in [0.2, 0.25) is 0 Å². The standard InChI is InChI=1S/C14H17N3O2/c1-14(2,13(18)17-15)9-19-11-6-5-10-4-3-7-16-12(10)8-11/h3-8H,9,15H2,1-2H3,(H,17,18). The van der Waals surface area contributed by atoms with E-state index in [-0.39, 0.29) is 12.5 Å². The second-order valence-electron chi connectivity index (χ2n) is 5.00. The van der Waals surface area contributed by atoms with Crippen LogP contribution in [0.1, 0.15) is 13.8 Å². The van der Waals surface area contributed by atoms with Gasteiger partial charge in [0.1, 0.15) is 12.4 Å². The number of nitrogens with two attached hydrogens (primary N) is 1. The minimum atomic E-state index is -0.687. The molecule has 1 heterocycles. The molecule has 0 saturated carbocycles. The first-order valence-electron chi connectivity index (χ1n) is 6.01. The van der Waals surface area contributed by atoms with Crippen molar-refractivity contribution >= 4 is 16.8 Å². The molecule has 0 aliphatic rings. The molecule has 0 atom stereocenters. The summed E-state index contributed by atoms with van der Waals surface area (Å²) in [6.07, 6.45) is 1.73. The Hall–Kier alpha value is -2.14. The number of nitrogens with one attached hydrogen (secondary N) is 1. The Morgan fingerprint density at radius 2 is 2.21 bits per heavy atom. The van der Waals surface area contributed by atoms with Gasteiger partial charge in [-0.05, 0) is 32.0 Å². The number of hydrogen-bond donors (Lipinski definition) is 2. The number of hydrazine groups is 1. The molecule has 0 fully saturated rings. The summed E-state index contributed by atoms with van der Waals surface area (Å²) in [5.74, 6) is 5.56. The third kappa shape index (κ3) is 3.00. The Balaban J connectivity index is 2.12. The molecule has 0 aliphatic heterocycles. The van der Waals surface area contributed by atoms with E-state index < -0.39 is 5.41 Å². The molecule has 19 heavy (non-hydrogen) atoms. The zero-order valence-electron chi connectivity index (χ0n) is 11.0. The number of ether oxygens (including phenoxy) is 1. The highest BCUT2D eigenvalue weighted by Gasteiger charge is 2.27. The molecule has 2 rings (SSSR count). The molecule has 1 aromatic carbocycles. The smallest absolute Gasteiger partial charge is 0.242 e. The van der Waals surface area contributed by atoms with Crippen LogP contribution < -0.4 is 16.0 Å². The first-order valence-corrected chi connectivity index (χ1v) is 6.01. The third-order valence-corrected chi connectivity index (χ3v) is 2.92. The maximum absolute atomic E-state index is 11.5. The summed E-state index contributed by atoms with van der Waals surface area (Å²) < 4.78 is 5.65. The molecule has 0 spiro atoms. The lowest BCUT2D eigenvalue weighted by Gasteiger charge is -2.22. The van der Waals surface area contributed by atoms with Crippen LogP contribution in [0.5, 0.6) is 5.75 Å². The third-order valence-electron chi connectivity index (χ3n) is 2.92. The fraction of sp³-hybridized carbons (Fsp3) is 0.286. The number of rotatable bonds is 4. The topological polar surface area (TPSA) is 77.2 Å². The highest BCUT2D eigenvalue weighted by Crippen LogP contribution is 2.22. The van der Waals surface area contributed by atoms with Gasteiger partial charge in [-0.3, -0.25) is 15.2 Å². The van der Waals surface area contributed by atoms with Crippen molar-refractivity contribution in [1.29, 1.82) is 0 Å². The van der Waals surface area contributed by atoms with E-state index in [2.05, 4.69) is 10.4 Å². The van der Waals surface area contributed by atoms with Gasteiger partial charge in [-0.2, -0.15) is 0 Å². The summed E-state index contributed by atoms with van der Waals surface area (Å²) in [6, 6.07) is 9.52. The first-order chi connectivity index (χ1) is 9.03. The van der Waals surface area contributed by atoms with E-state index in [0.29, 0.717) is 5.75 Å². The molecule has 5 nitrogen and oxygen atoms in total. The van der Waals surface area contributed by atoms with Crippen molar-refractivity contribution in [2.75, 3.05) is 6.61 Å². The molecular formula is C14H17N3O2. The first kappa shape index (κ1) is 13.3. The van der Waals surface area contributed by atoms with Gasteiger partial charge < -0.3 is 4.74 Å². The summed E-state index contributed by atoms with van der Waals surface area (Å²) in [7, 11) is 0. The van der Waals surface area contributed by atoms with Gasteiger partial charge in [-0.1, -0.05) is 6.07 Å². The number of pyridine rings is 1. The summed E-state index contributed by atoms with van der Waals surface area (Å²) >= 11 is 0. The minimum absolute atomic E-state index is 0.244.